The molecule has 0 aromatic carbocycles. The number of nitrogens with zero attached hydrogens (tertiary/aromatic N) is 4. The fraction of sp³-hybridized carbons (Fsp3) is 0.500. The van der Waals surface area contributed by atoms with Crippen molar-refractivity contribution >= 4 is 5.91 Å². The molecular weight excluding hydrogens is 278 g/mol. The minimum Gasteiger partial charge on any atom is -0.352 e. The van der Waals surface area contributed by atoms with E-state index in [4.69, 9.17) is 0 Å². The lowest BCUT2D eigenvalue weighted by molar-refractivity contribution is -0.126. The summed E-state index contributed by atoms with van der Waals surface area (Å²) in [5.41, 5.74) is 0.949. The molecule has 0 saturated heterocycles. The van der Waals surface area contributed by atoms with Gasteiger partial charge in [0, 0.05) is 24.2 Å². The van der Waals surface area contributed by atoms with Gasteiger partial charge in [-0.05, 0) is 37.2 Å². The van der Waals surface area contributed by atoms with Gasteiger partial charge in [-0.15, -0.1) is 0 Å². The van der Waals surface area contributed by atoms with Gasteiger partial charge in [0.05, 0.1) is 0 Å². The van der Waals surface area contributed by atoms with Crippen LogP contribution in [0.5, 0.6) is 0 Å². The smallest absolute Gasteiger partial charge is 0.223 e. The Morgan fingerprint density at radius 3 is 3.05 bits per heavy atom. The Labute approximate surface area is 129 Å². The summed E-state index contributed by atoms with van der Waals surface area (Å²) >= 11 is 0. The Hall–Kier alpha value is -2.24. The van der Waals surface area contributed by atoms with Gasteiger partial charge in [-0.3, -0.25) is 4.79 Å². The van der Waals surface area contributed by atoms with Crippen molar-refractivity contribution in [1.82, 2.24) is 25.1 Å². The first-order chi connectivity index (χ1) is 10.8. The van der Waals surface area contributed by atoms with Crippen molar-refractivity contribution in [3.05, 3.63) is 36.5 Å². The van der Waals surface area contributed by atoms with E-state index in [1.165, 1.54) is 25.6 Å². The lowest BCUT2D eigenvalue weighted by atomic mass is 9.88. The normalized spacial score (nSPS) is 26.3. The summed E-state index contributed by atoms with van der Waals surface area (Å²) in [4.78, 5) is 20.7. The molecule has 2 fully saturated rings. The maximum Gasteiger partial charge on any atom is 0.223 e. The van der Waals surface area contributed by atoms with Gasteiger partial charge in [0.25, 0.3) is 0 Å². The van der Waals surface area contributed by atoms with Crippen molar-refractivity contribution in [2.75, 3.05) is 0 Å². The number of carbonyl (C=O) groups excluding carboxylic acids is 1. The summed E-state index contributed by atoms with van der Waals surface area (Å²) in [5.74, 6) is 2.51. The topological polar surface area (TPSA) is 72.7 Å². The summed E-state index contributed by atoms with van der Waals surface area (Å²) in [6.45, 7) is 0.482. The van der Waals surface area contributed by atoms with Gasteiger partial charge in [-0.2, -0.15) is 5.10 Å². The number of fused-ring (bicyclic) bond motifs is 2. The molecule has 6 heteroatoms. The van der Waals surface area contributed by atoms with E-state index >= 15 is 0 Å². The highest BCUT2D eigenvalue weighted by Crippen LogP contribution is 2.48. The number of amides is 1. The Balaban J connectivity index is 1.45. The molecule has 1 N–H and O–H groups in total. The van der Waals surface area contributed by atoms with E-state index in [0.717, 1.165) is 17.9 Å². The summed E-state index contributed by atoms with van der Waals surface area (Å²) < 4.78 is 1.62. The standard InChI is InChI=1S/C16H19N5O/c22-16(14-7-11-3-4-12(14)6-11)19-8-13-2-1-5-18-15(13)21-10-17-9-20-21/h1-2,5,9-12,14H,3-4,6-8H2,(H,19,22). The molecule has 6 nitrogen and oxygen atoms in total. The van der Waals surface area contributed by atoms with Crippen molar-refractivity contribution < 1.29 is 4.79 Å². The molecule has 0 radical (unpaired) electrons. The first-order valence-electron chi connectivity index (χ1n) is 7.88. The second-order valence-electron chi connectivity index (χ2n) is 6.33. The van der Waals surface area contributed by atoms with Gasteiger partial charge in [0.15, 0.2) is 5.82 Å². The van der Waals surface area contributed by atoms with Crippen molar-refractivity contribution in [3.63, 3.8) is 0 Å². The molecule has 22 heavy (non-hydrogen) atoms. The average Bonchev–Trinajstić information content (AvgIpc) is 3.29. The zero-order valence-electron chi connectivity index (χ0n) is 12.4. The Morgan fingerprint density at radius 1 is 1.36 bits per heavy atom. The minimum absolute atomic E-state index is 0.195. The molecule has 2 saturated carbocycles. The molecule has 2 aliphatic carbocycles. The van der Waals surface area contributed by atoms with Crippen LogP contribution in [-0.2, 0) is 11.3 Å². The van der Waals surface area contributed by atoms with Crippen molar-refractivity contribution in [2.24, 2.45) is 17.8 Å². The highest BCUT2D eigenvalue weighted by atomic mass is 16.1. The maximum atomic E-state index is 12.4. The van der Waals surface area contributed by atoms with Crippen LogP contribution in [0.25, 0.3) is 5.82 Å². The fourth-order valence-corrected chi connectivity index (χ4v) is 3.97. The molecule has 2 bridgehead atoms. The van der Waals surface area contributed by atoms with Crippen molar-refractivity contribution in [1.29, 1.82) is 0 Å². The molecular formula is C16H19N5O. The predicted molar refractivity (Wildman–Crippen MR) is 79.9 cm³/mol. The SMILES string of the molecule is O=C(NCc1cccnc1-n1cncn1)C1CC2CCC1C2. The Bertz CT molecular complexity index is 669. The monoisotopic (exact) mass is 297 g/mol. The number of hydrogen-bond donors (Lipinski definition) is 1. The number of aromatic nitrogens is 4. The van der Waals surface area contributed by atoms with E-state index in [1.807, 2.05) is 12.1 Å². The van der Waals surface area contributed by atoms with Gasteiger partial charge in [-0.1, -0.05) is 12.5 Å². The maximum absolute atomic E-state index is 12.4. The molecule has 2 aromatic heterocycles. The van der Waals surface area contributed by atoms with Crippen LogP contribution in [0.2, 0.25) is 0 Å². The quantitative estimate of drug-likeness (QED) is 0.932. The molecule has 2 heterocycles. The van der Waals surface area contributed by atoms with Crippen LogP contribution < -0.4 is 5.32 Å². The highest BCUT2D eigenvalue weighted by Gasteiger charge is 2.42. The van der Waals surface area contributed by atoms with Crippen molar-refractivity contribution in [2.45, 2.75) is 32.2 Å². The molecule has 0 aliphatic heterocycles. The minimum atomic E-state index is 0.195. The van der Waals surface area contributed by atoms with E-state index in [1.54, 1.807) is 17.2 Å². The molecule has 2 aromatic rings. The van der Waals surface area contributed by atoms with Gasteiger partial charge < -0.3 is 5.32 Å². The van der Waals surface area contributed by atoms with E-state index in [-0.39, 0.29) is 11.8 Å². The average molecular weight is 297 g/mol. The molecule has 2 aliphatic rings. The van der Waals surface area contributed by atoms with Crippen LogP contribution in [0, 0.1) is 17.8 Å². The van der Waals surface area contributed by atoms with Crippen LogP contribution in [0.4, 0.5) is 0 Å². The van der Waals surface area contributed by atoms with E-state index in [0.29, 0.717) is 18.3 Å². The lowest BCUT2D eigenvalue weighted by Crippen LogP contribution is -2.33. The van der Waals surface area contributed by atoms with Crippen molar-refractivity contribution in [3.8, 4) is 5.82 Å². The van der Waals surface area contributed by atoms with E-state index in [9.17, 15) is 4.79 Å². The number of pyridine rings is 1. The number of rotatable bonds is 4. The molecule has 114 valence electrons. The zero-order valence-corrected chi connectivity index (χ0v) is 12.4. The molecule has 3 unspecified atom stereocenters. The number of nitrogens with one attached hydrogen (secondary N) is 1. The first-order valence-corrected chi connectivity index (χ1v) is 7.88. The molecule has 0 spiro atoms. The molecule has 1 amide bonds. The van der Waals surface area contributed by atoms with Crippen LogP contribution in [0.3, 0.4) is 0 Å². The zero-order chi connectivity index (χ0) is 14.9. The third-order valence-corrected chi connectivity index (χ3v) is 5.03. The molecule has 4 rings (SSSR count). The van der Waals surface area contributed by atoms with Crippen LogP contribution >= 0.6 is 0 Å². The predicted octanol–water partition coefficient (Wildman–Crippen LogP) is 1.71. The largest absolute Gasteiger partial charge is 0.352 e. The van der Waals surface area contributed by atoms with E-state index < -0.39 is 0 Å². The fourth-order valence-electron chi connectivity index (χ4n) is 3.97. The second kappa shape index (κ2) is 5.51. The van der Waals surface area contributed by atoms with Crippen LogP contribution in [0.15, 0.2) is 31.0 Å². The van der Waals surface area contributed by atoms with Gasteiger partial charge in [-0.25, -0.2) is 14.6 Å². The van der Waals surface area contributed by atoms with Crippen LogP contribution in [0.1, 0.15) is 31.2 Å². The number of carbonyl (C=O) groups is 1. The summed E-state index contributed by atoms with van der Waals surface area (Å²) in [6.07, 6.45) is 9.66. The lowest BCUT2D eigenvalue weighted by Gasteiger charge is -2.21. The Kier molecular flexibility index (Phi) is 3.36. The van der Waals surface area contributed by atoms with Gasteiger partial charge >= 0.3 is 0 Å². The van der Waals surface area contributed by atoms with E-state index in [2.05, 4.69) is 20.4 Å². The second-order valence-corrected chi connectivity index (χ2v) is 6.33. The van der Waals surface area contributed by atoms with Gasteiger partial charge in [0.2, 0.25) is 5.91 Å². The summed E-state index contributed by atoms with van der Waals surface area (Å²) in [5, 5.41) is 7.20. The summed E-state index contributed by atoms with van der Waals surface area (Å²) in [6, 6.07) is 3.84. The first kappa shape index (κ1) is 13.4. The summed E-state index contributed by atoms with van der Waals surface area (Å²) in [7, 11) is 0. The third kappa shape index (κ3) is 2.38. The number of hydrogen-bond acceptors (Lipinski definition) is 4. The highest BCUT2D eigenvalue weighted by molar-refractivity contribution is 5.79. The molecule has 3 atom stereocenters. The van der Waals surface area contributed by atoms with Gasteiger partial charge in [0.1, 0.15) is 12.7 Å². The van der Waals surface area contributed by atoms with Crippen LogP contribution in [-0.4, -0.2) is 25.7 Å². The third-order valence-electron chi connectivity index (χ3n) is 5.03. The Morgan fingerprint density at radius 2 is 2.32 bits per heavy atom.